The number of para-hydroxylation sites is 1. The van der Waals surface area contributed by atoms with Gasteiger partial charge in [0.1, 0.15) is 5.75 Å². The highest BCUT2D eigenvalue weighted by molar-refractivity contribution is 5.97. The van der Waals surface area contributed by atoms with Gasteiger partial charge < -0.3 is 9.47 Å². The summed E-state index contributed by atoms with van der Waals surface area (Å²) < 4.78 is 10.3. The van der Waals surface area contributed by atoms with Gasteiger partial charge in [0.15, 0.2) is 0 Å². The second-order valence-electron chi connectivity index (χ2n) is 3.28. The van der Waals surface area contributed by atoms with Crippen LogP contribution in [0.3, 0.4) is 0 Å². The monoisotopic (exact) mass is 216 g/mol. The molecule has 3 heteroatoms. The highest BCUT2D eigenvalue weighted by atomic mass is 16.5. The smallest absolute Gasteiger partial charge is 0.338 e. The second-order valence-corrected chi connectivity index (χ2v) is 3.28. The first-order valence-electron chi connectivity index (χ1n) is 5.12. The van der Waals surface area contributed by atoms with E-state index in [2.05, 4.69) is 0 Å². The van der Waals surface area contributed by atoms with Gasteiger partial charge in [-0.2, -0.15) is 0 Å². The second kappa shape index (κ2) is 4.66. The number of benzene rings is 1. The fourth-order valence-corrected chi connectivity index (χ4v) is 1.44. The van der Waals surface area contributed by atoms with Crippen LogP contribution in [0.4, 0.5) is 0 Å². The van der Waals surface area contributed by atoms with Crippen LogP contribution in [0.15, 0.2) is 42.2 Å². The van der Waals surface area contributed by atoms with Crippen LogP contribution in [-0.4, -0.2) is 12.6 Å². The van der Waals surface area contributed by atoms with Gasteiger partial charge in [0.05, 0.1) is 18.4 Å². The van der Waals surface area contributed by atoms with E-state index in [0.717, 1.165) is 11.3 Å². The van der Waals surface area contributed by atoms with E-state index >= 15 is 0 Å². The third-order valence-corrected chi connectivity index (χ3v) is 2.18. The van der Waals surface area contributed by atoms with Crippen LogP contribution < -0.4 is 4.74 Å². The van der Waals surface area contributed by atoms with E-state index in [1.54, 1.807) is 19.1 Å². The standard InChI is InChI=1S/C13H12O3/c1-2-15-13(14)11-7-8-16-12-6-4-3-5-10(12)9-11/h3-9H,2H2,1H3. The lowest BCUT2D eigenvalue weighted by atomic mass is 10.1. The van der Waals surface area contributed by atoms with E-state index < -0.39 is 0 Å². The van der Waals surface area contributed by atoms with E-state index in [9.17, 15) is 4.79 Å². The predicted molar refractivity (Wildman–Crippen MR) is 60.8 cm³/mol. The van der Waals surface area contributed by atoms with Crippen molar-refractivity contribution in [1.82, 2.24) is 0 Å². The van der Waals surface area contributed by atoms with Gasteiger partial charge in [-0.1, -0.05) is 18.2 Å². The number of carbonyl (C=O) groups excluding carboxylic acids is 1. The zero-order chi connectivity index (χ0) is 11.4. The summed E-state index contributed by atoms with van der Waals surface area (Å²) in [5.74, 6) is 0.400. The summed E-state index contributed by atoms with van der Waals surface area (Å²) in [6.07, 6.45) is 4.86. The highest BCUT2D eigenvalue weighted by Crippen LogP contribution is 2.24. The number of hydrogen-bond donors (Lipinski definition) is 0. The fourth-order valence-electron chi connectivity index (χ4n) is 1.44. The molecular formula is C13H12O3. The quantitative estimate of drug-likeness (QED) is 0.712. The van der Waals surface area contributed by atoms with Gasteiger partial charge in [0.2, 0.25) is 0 Å². The van der Waals surface area contributed by atoms with Crippen LogP contribution in [-0.2, 0) is 9.53 Å². The lowest BCUT2D eigenvalue weighted by molar-refractivity contribution is -0.138. The first kappa shape index (κ1) is 10.5. The van der Waals surface area contributed by atoms with Gasteiger partial charge in [-0.15, -0.1) is 0 Å². The third kappa shape index (κ3) is 2.14. The molecule has 1 aromatic rings. The Morgan fingerprint density at radius 3 is 3.00 bits per heavy atom. The molecule has 1 heterocycles. The predicted octanol–water partition coefficient (Wildman–Crippen LogP) is 2.54. The van der Waals surface area contributed by atoms with Gasteiger partial charge in [0.25, 0.3) is 0 Å². The van der Waals surface area contributed by atoms with Crippen LogP contribution in [0, 0.1) is 0 Å². The Labute approximate surface area is 94.0 Å². The topological polar surface area (TPSA) is 35.5 Å². The molecule has 0 saturated heterocycles. The van der Waals surface area contributed by atoms with E-state index in [4.69, 9.17) is 9.47 Å². The average Bonchev–Trinajstić information content (AvgIpc) is 2.51. The first-order valence-corrected chi connectivity index (χ1v) is 5.12. The van der Waals surface area contributed by atoms with Gasteiger partial charge in [0, 0.05) is 5.56 Å². The third-order valence-electron chi connectivity index (χ3n) is 2.18. The Hall–Kier alpha value is -2.03. The van der Waals surface area contributed by atoms with Gasteiger partial charge in [-0.05, 0) is 25.1 Å². The van der Waals surface area contributed by atoms with Crippen molar-refractivity contribution < 1.29 is 14.3 Å². The molecule has 3 nitrogen and oxygen atoms in total. The Morgan fingerprint density at radius 1 is 1.38 bits per heavy atom. The SMILES string of the molecule is CCOC(=O)C1=Cc2ccccc2OC=C1. The molecule has 0 unspecified atom stereocenters. The number of hydrogen-bond acceptors (Lipinski definition) is 3. The molecule has 0 aromatic heterocycles. The zero-order valence-electron chi connectivity index (χ0n) is 8.97. The Balaban J connectivity index is 2.35. The molecular weight excluding hydrogens is 204 g/mol. The van der Waals surface area contributed by atoms with Crippen LogP contribution in [0.2, 0.25) is 0 Å². The molecule has 0 N–H and O–H groups in total. The van der Waals surface area contributed by atoms with E-state index in [-0.39, 0.29) is 5.97 Å². The van der Waals surface area contributed by atoms with Crippen molar-refractivity contribution in [1.29, 1.82) is 0 Å². The molecule has 0 bridgehead atoms. The molecule has 1 aromatic carbocycles. The minimum atomic E-state index is -0.334. The van der Waals surface area contributed by atoms with E-state index in [1.807, 2.05) is 24.3 Å². The van der Waals surface area contributed by atoms with Crippen molar-refractivity contribution in [3.63, 3.8) is 0 Å². The molecule has 0 spiro atoms. The minimum Gasteiger partial charge on any atom is -0.464 e. The Morgan fingerprint density at radius 2 is 2.19 bits per heavy atom. The summed E-state index contributed by atoms with van der Waals surface area (Å²) in [6.45, 7) is 2.15. The maximum absolute atomic E-state index is 11.6. The van der Waals surface area contributed by atoms with Crippen LogP contribution in [0.25, 0.3) is 6.08 Å². The van der Waals surface area contributed by atoms with Gasteiger partial charge in [-0.3, -0.25) is 0 Å². The summed E-state index contributed by atoms with van der Waals surface area (Å²) in [5, 5.41) is 0. The minimum absolute atomic E-state index is 0.334. The maximum atomic E-state index is 11.6. The van der Waals surface area contributed by atoms with Crippen molar-refractivity contribution >= 4 is 12.0 Å². The molecule has 0 aliphatic carbocycles. The summed E-state index contributed by atoms with van der Waals surface area (Å²) in [4.78, 5) is 11.6. The molecule has 0 radical (unpaired) electrons. The number of rotatable bonds is 2. The Kier molecular flexibility index (Phi) is 3.05. The molecule has 1 aliphatic heterocycles. The molecule has 1 aliphatic rings. The zero-order valence-corrected chi connectivity index (χ0v) is 8.97. The summed E-state index contributed by atoms with van der Waals surface area (Å²) in [5.41, 5.74) is 1.36. The molecule has 2 rings (SSSR count). The van der Waals surface area contributed by atoms with Gasteiger partial charge >= 0.3 is 5.97 Å². The summed E-state index contributed by atoms with van der Waals surface area (Å²) in [6, 6.07) is 7.52. The molecule has 82 valence electrons. The first-order chi connectivity index (χ1) is 7.81. The Bertz CT molecular complexity index is 458. The average molecular weight is 216 g/mol. The maximum Gasteiger partial charge on any atom is 0.338 e. The lowest BCUT2D eigenvalue weighted by Gasteiger charge is -2.02. The largest absolute Gasteiger partial charge is 0.464 e. The molecule has 0 saturated carbocycles. The highest BCUT2D eigenvalue weighted by Gasteiger charge is 2.11. The lowest BCUT2D eigenvalue weighted by Crippen LogP contribution is -2.05. The molecule has 0 amide bonds. The summed E-state index contributed by atoms with van der Waals surface area (Å²) >= 11 is 0. The fraction of sp³-hybridized carbons (Fsp3) is 0.154. The summed E-state index contributed by atoms with van der Waals surface area (Å²) in [7, 11) is 0. The normalized spacial score (nSPS) is 13.2. The van der Waals surface area contributed by atoms with Crippen molar-refractivity contribution in [3.05, 3.63) is 47.7 Å². The van der Waals surface area contributed by atoms with Crippen LogP contribution in [0.1, 0.15) is 12.5 Å². The number of carbonyl (C=O) groups is 1. The van der Waals surface area contributed by atoms with Crippen LogP contribution in [0.5, 0.6) is 5.75 Å². The van der Waals surface area contributed by atoms with E-state index in [1.165, 1.54) is 6.26 Å². The molecule has 16 heavy (non-hydrogen) atoms. The van der Waals surface area contributed by atoms with Gasteiger partial charge in [-0.25, -0.2) is 4.79 Å². The van der Waals surface area contributed by atoms with Crippen molar-refractivity contribution in [2.75, 3.05) is 6.61 Å². The molecule has 0 fully saturated rings. The van der Waals surface area contributed by atoms with Crippen molar-refractivity contribution in [3.8, 4) is 5.75 Å². The van der Waals surface area contributed by atoms with E-state index in [0.29, 0.717) is 12.2 Å². The number of esters is 1. The molecule has 0 atom stereocenters. The van der Waals surface area contributed by atoms with Crippen molar-refractivity contribution in [2.45, 2.75) is 6.92 Å². The number of ether oxygens (including phenoxy) is 2. The van der Waals surface area contributed by atoms with Crippen molar-refractivity contribution in [2.24, 2.45) is 0 Å². The van der Waals surface area contributed by atoms with Crippen LogP contribution >= 0.6 is 0 Å². The number of fused-ring (bicyclic) bond motifs is 1.